The Hall–Kier alpha value is -1.89. The average molecular weight is 457 g/mol. The summed E-state index contributed by atoms with van der Waals surface area (Å²) in [5.41, 5.74) is 0. The Labute approximate surface area is 194 Å². The Balaban J connectivity index is 4.26. The zero-order valence-electron chi connectivity index (χ0n) is 20.1. The normalized spacial score (nSPS) is 11.8. The predicted octanol–water partition coefficient (Wildman–Crippen LogP) is 5.48. The highest BCUT2D eigenvalue weighted by Gasteiger charge is 2.29. The van der Waals surface area contributed by atoms with Crippen LogP contribution in [-0.2, 0) is 14.4 Å². The van der Waals surface area contributed by atoms with Gasteiger partial charge in [-0.3, -0.25) is 14.4 Å². The highest BCUT2D eigenvalue weighted by Crippen LogP contribution is 2.16. The SMILES string of the molecule is CCCCCCCC/C=C/CCCCCC[N+](CCC(=O)O)(CCC(=O)O)CCC(=O)O. The summed E-state index contributed by atoms with van der Waals surface area (Å²) in [6, 6.07) is 0. The summed E-state index contributed by atoms with van der Waals surface area (Å²) in [4.78, 5) is 33.2. The molecule has 0 amide bonds. The second-order valence-electron chi connectivity index (χ2n) is 8.90. The van der Waals surface area contributed by atoms with Gasteiger partial charge in [-0.15, -0.1) is 0 Å². The maximum Gasteiger partial charge on any atom is 0.309 e. The number of allylic oxidation sites excluding steroid dienone is 2. The molecule has 7 nitrogen and oxygen atoms in total. The molecule has 0 unspecified atom stereocenters. The van der Waals surface area contributed by atoms with Crippen molar-refractivity contribution in [1.29, 1.82) is 0 Å². The molecule has 0 rings (SSSR count). The van der Waals surface area contributed by atoms with Gasteiger partial charge in [0.25, 0.3) is 0 Å². The molecule has 0 aliphatic rings. The minimum atomic E-state index is -0.939. The molecule has 7 heteroatoms. The van der Waals surface area contributed by atoms with Crippen LogP contribution in [0.15, 0.2) is 12.2 Å². The van der Waals surface area contributed by atoms with Gasteiger partial charge in [-0.1, -0.05) is 57.6 Å². The molecule has 0 fully saturated rings. The van der Waals surface area contributed by atoms with E-state index in [2.05, 4.69) is 19.1 Å². The monoisotopic (exact) mass is 456 g/mol. The Morgan fingerprint density at radius 2 is 0.938 bits per heavy atom. The molecule has 0 aliphatic heterocycles. The predicted molar refractivity (Wildman–Crippen MR) is 127 cm³/mol. The average Bonchev–Trinajstić information content (AvgIpc) is 2.74. The molecular weight excluding hydrogens is 410 g/mol. The van der Waals surface area contributed by atoms with Gasteiger partial charge >= 0.3 is 17.9 Å². The second kappa shape index (κ2) is 19.8. The first-order chi connectivity index (χ1) is 15.3. The first-order valence-electron chi connectivity index (χ1n) is 12.5. The van der Waals surface area contributed by atoms with Crippen LogP contribution in [0.25, 0.3) is 0 Å². The van der Waals surface area contributed by atoms with Crippen LogP contribution < -0.4 is 0 Å². The van der Waals surface area contributed by atoms with E-state index in [-0.39, 0.29) is 43.4 Å². The third kappa shape index (κ3) is 18.8. The Morgan fingerprint density at radius 3 is 1.34 bits per heavy atom. The summed E-state index contributed by atoms with van der Waals surface area (Å²) in [7, 11) is 0. The minimum Gasteiger partial charge on any atom is -0.481 e. The van der Waals surface area contributed by atoms with Crippen molar-refractivity contribution in [3.05, 3.63) is 12.2 Å². The molecule has 0 aromatic rings. The van der Waals surface area contributed by atoms with Gasteiger partial charge in [0, 0.05) is 0 Å². The van der Waals surface area contributed by atoms with Crippen molar-refractivity contribution in [3.63, 3.8) is 0 Å². The van der Waals surface area contributed by atoms with E-state index in [4.69, 9.17) is 15.3 Å². The fourth-order valence-electron chi connectivity index (χ4n) is 4.01. The van der Waals surface area contributed by atoms with Gasteiger partial charge in [0.1, 0.15) is 0 Å². The van der Waals surface area contributed by atoms with E-state index in [1.54, 1.807) is 0 Å². The van der Waals surface area contributed by atoms with Crippen molar-refractivity contribution < 1.29 is 34.2 Å². The molecule has 0 saturated carbocycles. The number of nitrogens with zero attached hydrogens (tertiary/aromatic N) is 1. The fraction of sp³-hybridized carbons (Fsp3) is 0.800. The van der Waals surface area contributed by atoms with Crippen molar-refractivity contribution >= 4 is 17.9 Å². The molecule has 0 heterocycles. The lowest BCUT2D eigenvalue weighted by molar-refractivity contribution is -0.927. The van der Waals surface area contributed by atoms with E-state index in [0.29, 0.717) is 6.54 Å². The van der Waals surface area contributed by atoms with Crippen molar-refractivity contribution in [1.82, 2.24) is 0 Å². The zero-order chi connectivity index (χ0) is 24.1. The van der Waals surface area contributed by atoms with Crippen LogP contribution in [0.1, 0.15) is 103 Å². The first kappa shape index (κ1) is 30.1. The van der Waals surface area contributed by atoms with Crippen LogP contribution in [0.3, 0.4) is 0 Å². The van der Waals surface area contributed by atoms with Crippen LogP contribution in [0.4, 0.5) is 0 Å². The van der Waals surface area contributed by atoms with Gasteiger partial charge in [-0.2, -0.15) is 0 Å². The van der Waals surface area contributed by atoms with Gasteiger partial charge in [0.05, 0.1) is 45.4 Å². The molecule has 0 bridgehead atoms. The van der Waals surface area contributed by atoms with Gasteiger partial charge in [-0.05, 0) is 38.5 Å². The quantitative estimate of drug-likeness (QED) is 0.107. The van der Waals surface area contributed by atoms with Crippen LogP contribution in [0, 0.1) is 0 Å². The molecule has 0 aromatic carbocycles. The van der Waals surface area contributed by atoms with E-state index in [0.717, 1.165) is 38.5 Å². The van der Waals surface area contributed by atoms with Gasteiger partial charge in [-0.25, -0.2) is 0 Å². The molecule has 0 saturated heterocycles. The number of aliphatic carboxylic acids is 3. The topological polar surface area (TPSA) is 112 Å². The standard InChI is InChI=1S/C25H45NO6/c1-2-3-4-5-6-7-8-9-10-11-12-13-14-15-19-26(20-16-23(27)28,21-17-24(29)30)22-18-25(31)32/h9-10H,2-8,11-22H2,1H3,(H2-,27,28,29,30,31,32)/p+1/b10-9+. The van der Waals surface area contributed by atoms with Crippen LogP contribution in [0.5, 0.6) is 0 Å². The fourth-order valence-corrected chi connectivity index (χ4v) is 4.01. The second-order valence-corrected chi connectivity index (χ2v) is 8.90. The molecule has 186 valence electrons. The van der Waals surface area contributed by atoms with E-state index < -0.39 is 17.9 Å². The molecule has 0 atom stereocenters. The number of rotatable bonds is 23. The first-order valence-corrected chi connectivity index (χ1v) is 12.5. The molecule has 0 radical (unpaired) electrons. The van der Waals surface area contributed by atoms with Gasteiger partial charge in [0.15, 0.2) is 0 Å². The molecule has 0 aliphatic carbocycles. The summed E-state index contributed by atoms with van der Waals surface area (Å²) < 4.78 is 0.253. The number of carboxylic acid groups (broad SMARTS) is 3. The number of quaternary nitrogens is 1. The lowest BCUT2D eigenvalue weighted by Gasteiger charge is -2.38. The van der Waals surface area contributed by atoms with Crippen LogP contribution >= 0.6 is 0 Å². The number of unbranched alkanes of at least 4 members (excludes halogenated alkanes) is 10. The minimum absolute atomic E-state index is 0.0807. The van der Waals surface area contributed by atoms with Gasteiger partial charge < -0.3 is 19.8 Å². The maximum atomic E-state index is 11.1. The number of carboxylic acids is 3. The third-order valence-electron chi connectivity index (χ3n) is 6.04. The number of hydrogen-bond acceptors (Lipinski definition) is 3. The van der Waals surface area contributed by atoms with E-state index in [9.17, 15) is 14.4 Å². The Bertz CT molecular complexity index is 501. The zero-order valence-corrected chi connectivity index (χ0v) is 20.1. The highest BCUT2D eigenvalue weighted by molar-refractivity contribution is 5.67. The maximum absolute atomic E-state index is 11.1. The molecule has 3 N–H and O–H groups in total. The summed E-state index contributed by atoms with van der Waals surface area (Å²) in [5.74, 6) is -2.82. The van der Waals surface area contributed by atoms with Crippen molar-refractivity contribution in [3.8, 4) is 0 Å². The summed E-state index contributed by atoms with van der Waals surface area (Å²) in [6.07, 6.45) is 18.4. The highest BCUT2D eigenvalue weighted by atomic mass is 16.4. The van der Waals surface area contributed by atoms with Gasteiger partial charge in [0.2, 0.25) is 0 Å². The van der Waals surface area contributed by atoms with Crippen LogP contribution in [-0.4, -0.2) is 63.9 Å². The smallest absolute Gasteiger partial charge is 0.309 e. The van der Waals surface area contributed by atoms with Crippen LogP contribution in [0.2, 0.25) is 0 Å². The largest absolute Gasteiger partial charge is 0.481 e. The summed E-state index contributed by atoms with van der Waals surface area (Å²) in [5, 5.41) is 27.2. The summed E-state index contributed by atoms with van der Waals surface area (Å²) >= 11 is 0. The molecular formula is C25H46NO6+. The third-order valence-corrected chi connectivity index (χ3v) is 6.04. The van der Waals surface area contributed by atoms with Crippen molar-refractivity contribution in [2.45, 2.75) is 103 Å². The lowest BCUT2D eigenvalue weighted by atomic mass is 10.1. The molecule has 32 heavy (non-hydrogen) atoms. The summed E-state index contributed by atoms with van der Waals surface area (Å²) in [6.45, 7) is 3.68. The van der Waals surface area contributed by atoms with Crippen molar-refractivity contribution in [2.24, 2.45) is 0 Å². The molecule has 0 aromatic heterocycles. The lowest BCUT2D eigenvalue weighted by Crippen LogP contribution is -2.52. The van der Waals surface area contributed by atoms with Crippen molar-refractivity contribution in [2.75, 3.05) is 26.2 Å². The van der Waals surface area contributed by atoms with E-state index in [1.165, 1.54) is 38.5 Å². The van der Waals surface area contributed by atoms with E-state index >= 15 is 0 Å². The Morgan fingerprint density at radius 1 is 0.562 bits per heavy atom. The Kier molecular flexibility index (Phi) is 18.6. The number of hydrogen-bond donors (Lipinski definition) is 3. The number of carbonyl (C=O) groups is 3. The van der Waals surface area contributed by atoms with E-state index in [1.807, 2.05) is 0 Å². The molecule has 0 spiro atoms.